The van der Waals surface area contributed by atoms with E-state index >= 15 is 0 Å². The number of halogens is 1. The molecule has 0 unspecified atom stereocenters. The van der Waals surface area contributed by atoms with Crippen LogP contribution in [0.4, 0.5) is 0 Å². The molecular formula is C15H18ClNOS. The summed E-state index contributed by atoms with van der Waals surface area (Å²) in [5.74, 6) is 0.916. The molecule has 0 aliphatic carbocycles. The van der Waals surface area contributed by atoms with E-state index in [2.05, 4.69) is 37.4 Å². The van der Waals surface area contributed by atoms with Crippen LogP contribution in [-0.2, 0) is 6.54 Å². The van der Waals surface area contributed by atoms with Gasteiger partial charge in [0.25, 0.3) is 0 Å². The second kappa shape index (κ2) is 6.42. The highest BCUT2D eigenvalue weighted by Crippen LogP contribution is 2.33. The van der Waals surface area contributed by atoms with E-state index in [0.717, 1.165) is 16.6 Å². The van der Waals surface area contributed by atoms with Crippen molar-refractivity contribution < 1.29 is 4.74 Å². The first-order valence-electron chi connectivity index (χ1n) is 6.26. The second-order valence-corrected chi connectivity index (χ2v) is 6.38. The van der Waals surface area contributed by atoms with Gasteiger partial charge in [0.05, 0.1) is 11.4 Å². The SMILES string of the molecule is COc1ccc(-c2ccc(Cl)s2)cc1CNC(C)C. The zero-order chi connectivity index (χ0) is 13.8. The minimum atomic E-state index is 0.449. The van der Waals surface area contributed by atoms with E-state index in [4.69, 9.17) is 16.3 Å². The molecule has 2 nitrogen and oxygen atoms in total. The quantitative estimate of drug-likeness (QED) is 0.872. The van der Waals surface area contributed by atoms with Crippen molar-refractivity contribution in [3.05, 3.63) is 40.2 Å². The maximum Gasteiger partial charge on any atom is 0.123 e. The summed E-state index contributed by atoms with van der Waals surface area (Å²) in [6.07, 6.45) is 0. The summed E-state index contributed by atoms with van der Waals surface area (Å²) in [5.41, 5.74) is 2.34. The number of hydrogen-bond acceptors (Lipinski definition) is 3. The Hall–Kier alpha value is -1.03. The maximum atomic E-state index is 5.99. The summed E-state index contributed by atoms with van der Waals surface area (Å²) in [6, 6.07) is 10.7. The third-order valence-corrected chi connectivity index (χ3v) is 4.12. The van der Waals surface area contributed by atoms with Crippen LogP contribution < -0.4 is 10.1 Å². The summed E-state index contributed by atoms with van der Waals surface area (Å²) in [5, 5.41) is 3.42. The Bertz CT molecular complexity index is 551. The molecule has 0 aliphatic heterocycles. The van der Waals surface area contributed by atoms with Crippen molar-refractivity contribution in [3.63, 3.8) is 0 Å². The normalized spacial score (nSPS) is 11.0. The summed E-state index contributed by atoms with van der Waals surface area (Å²) >= 11 is 7.58. The van der Waals surface area contributed by atoms with Gasteiger partial charge in [0.1, 0.15) is 5.75 Å². The third kappa shape index (κ3) is 3.72. The fourth-order valence-electron chi connectivity index (χ4n) is 1.85. The number of rotatable bonds is 5. The van der Waals surface area contributed by atoms with Crippen LogP contribution in [0.1, 0.15) is 19.4 Å². The zero-order valence-electron chi connectivity index (χ0n) is 11.4. The number of hydrogen-bond donors (Lipinski definition) is 1. The van der Waals surface area contributed by atoms with Gasteiger partial charge in [-0.25, -0.2) is 0 Å². The van der Waals surface area contributed by atoms with Crippen molar-refractivity contribution in [1.82, 2.24) is 5.32 Å². The van der Waals surface area contributed by atoms with Crippen LogP contribution in [0.25, 0.3) is 10.4 Å². The Labute approximate surface area is 123 Å². The molecule has 0 atom stereocenters. The molecule has 0 aliphatic rings. The monoisotopic (exact) mass is 295 g/mol. The number of ether oxygens (including phenoxy) is 1. The third-order valence-electron chi connectivity index (χ3n) is 2.84. The van der Waals surface area contributed by atoms with Crippen molar-refractivity contribution in [1.29, 1.82) is 0 Å². The van der Waals surface area contributed by atoms with Crippen molar-refractivity contribution in [2.45, 2.75) is 26.4 Å². The summed E-state index contributed by atoms with van der Waals surface area (Å²) in [7, 11) is 1.70. The Kier molecular flexibility index (Phi) is 4.86. The first-order chi connectivity index (χ1) is 9.10. The van der Waals surface area contributed by atoms with E-state index in [1.54, 1.807) is 18.4 Å². The van der Waals surface area contributed by atoms with Crippen LogP contribution in [-0.4, -0.2) is 13.2 Å². The molecule has 0 bridgehead atoms. The molecule has 4 heteroatoms. The highest BCUT2D eigenvalue weighted by Gasteiger charge is 2.08. The molecule has 0 spiro atoms. The highest BCUT2D eigenvalue weighted by molar-refractivity contribution is 7.19. The van der Waals surface area contributed by atoms with Crippen LogP contribution in [0.15, 0.2) is 30.3 Å². The maximum absolute atomic E-state index is 5.99. The molecule has 1 heterocycles. The van der Waals surface area contributed by atoms with Crippen molar-refractivity contribution in [2.75, 3.05) is 7.11 Å². The van der Waals surface area contributed by atoms with Gasteiger partial charge in [-0.15, -0.1) is 11.3 Å². The van der Waals surface area contributed by atoms with Gasteiger partial charge in [-0.1, -0.05) is 25.4 Å². The van der Waals surface area contributed by atoms with Gasteiger partial charge >= 0.3 is 0 Å². The molecule has 0 amide bonds. The van der Waals surface area contributed by atoms with Crippen molar-refractivity contribution in [2.24, 2.45) is 0 Å². The number of methoxy groups -OCH3 is 1. The van der Waals surface area contributed by atoms with Crippen LogP contribution in [0.3, 0.4) is 0 Å². The molecule has 0 saturated carbocycles. The summed E-state index contributed by atoms with van der Waals surface area (Å²) in [4.78, 5) is 1.18. The van der Waals surface area contributed by atoms with Crippen molar-refractivity contribution >= 4 is 22.9 Å². The first-order valence-corrected chi connectivity index (χ1v) is 7.45. The average Bonchev–Trinajstić information content (AvgIpc) is 2.82. The van der Waals surface area contributed by atoms with Gasteiger partial charge in [0.15, 0.2) is 0 Å². The van der Waals surface area contributed by atoms with E-state index in [-0.39, 0.29) is 0 Å². The Morgan fingerprint density at radius 1 is 1.26 bits per heavy atom. The van der Waals surface area contributed by atoms with Gasteiger partial charge in [-0.2, -0.15) is 0 Å². The average molecular weight is 296 g/mol. The molecule has 1 aromatic carbocycles. The van der Waals surface area contributed by atoms with Gasteiger partial charge in [-0.3, -0.25) is 0 Å². The first kappa shape index (κ1) is 14.4. The molecule has 0 radical (unpaired) electrons. The predicted molar refractivity (Wildman–Crippen MR) is 83.3 cm³/mol. The lowest BCUT2D eigenvalue weighted by atomic mass is 10.1. The number of benzene rings is 1. The topological polar surface area (TPSA) is 21.3 Å². The largest absolute Gasteiger partial charge is 0.496 e. The zero-order valence-corrected chi connectivity index (χ0v) is 12.9. The molecular weight excluding hydrogens is 278 g/mol. The van der Waals surface area contributed by atoms with Crippen molar-refractivity contribution in [3.8, 4) is 16.2 Å². The summed E-state index contributed by atoms with van der Waals surface area (Å²) < 4.78 is 6.22. The van der Waals surface area contributed by atoms with Crippen LogP contribution in [0, 0.1) is 0 Å². The highest BCUT2D eigenvalue weighted by atomic mass is 35.5. The van der Waals surface area contributed by atoms with Gasteiger partial charge in [0.2, 0.25) is 0 Å². The predicted octanol–water partition coefficient (Wildman–Crippen LogP) is 4.58. The molecule has 102 valence electrons. The minimum absolute atomic E-state index is 0.449. The Morgan fingerprint density at radius 2 is 2.05 bits per heavy atom. The molecule has 2 rings (SSSR count). The van der Waals surface area contributed by atoms with Crippen LogP contribution in [0.5, 0.6) is 5.75 Å². The molecule has 0 saturated heterocycles. The molecule has 1 aromatic heterocycles. The molecule has 2 aromatic rings. The lowest BCUT2D eigenvalue weighted by Gasteiger charge is -2.13. The summed E-state index contributed by atoms with van der Waals surface area (Å²) in [6.45, 7) is 5.07. The standard InChI is InChI=1S/C15H18ClNOS/c1-10(2)17-9-12-8-11(4-5-13(12)18-3)14-6-7-15(16)19-14/h4-8,10,17H,9H2,1-3H3. The van der Waals surface area contributed by atoms with E-state index in [1.807, 2.05) is 12.1 Å². The lowest BCUT2D eigenvalue weighted by Crippen LogP contribution is -2.22. The fourth-order valence-corrected chi connectivity index (χ4v) is 2.89. The smallest absolute Gasteiger partial charge is 0.123 e. The lowest BCUT2D eigenvalue weighted by molar-refractivity contribution is 0.406. The number of thiophene rings is 1. The van der Waals surface area contributed by atoms with Crippen LogP contribution >= 0.6 is 22.9 Å². The fraction of sp³-hybridized carbons (Fsp3) is 0.333. The number of nitrogens with one attached hydrogen (secondary N) is 1. The van der Waals surface area contributed by atoms with E-state index in [0.29, 0.717) is 6.04 Å². The Balaban J connectivity index is 2.29. The molecule has 0 fully saturated rings. The van der Waals surface area contributed by atoms with E-state index in [9.17, 15) is 0 Å². The molecule has 1 N–H and O–H groups in total. The van der Waals surface area contributed by atoms with Crippen LogP contribution in [0.2, 0.25) is 4.34 Å². The molecule has 19 heavy (non-hydrogen) atoms. The minimum Gasteiger partial charge on any atom is -0.496 e. The van der Waals surface area contributed by atoms with Gasteiger partial charge in [-0.05, 0) is 35.9 Å². The second-order valence-electron chi connectivity index (χ2n) is 4.67. The van der Waals surface area contributed by atoms with Gasteiger partial charge in [0, 0.05) is 23.0 Å². The van der Waals surface area contributed by atoms with Gasteiger partial charge < -0.3 is 10.1 Å². The van der Waals surface area contributed by atoms with E-state index < -0.39 is 0 Å². The van der Waals surface area contributed by atoms with E-state index in [1.165, 1.54) is 16.0 Å². The Morgan fingerprint density at radius 3 is 2.63 bits per heavy atom.